The van der Waals surface area contributed by atoms with E-state index < -0.39 is 17.4 Å². The summed E-state index contributed by atoms with van der Waals surface area (Å²) in [6, 6.07) is 4.18. The third-order valence-corrected chi connectivity index (χ3v) is 3.94. The Labute approximate surface area is 127 Å². The summed E-state index contributed by atoms with van der Waals surface area (Å²) in [6.07, 6.45) is -0.432. The minimum absolute atomic E-state index is 0.366. The van der Waals surface area contributed by atoms with Crippen molar-refractivity contribution in [3.8, 4) is 0 Å². The van der Waals surface area contributed by atoms with Crippen LogP contribution in [0.4, 0.5) is 18.9 Å². The van der Waals surface area contributed by atoms with Gasteiger partial charge in [0.05, 0.1) is 17.4 Å². The van der Waals surface area contributed by atoms with Gasteiger partial charge in [-0.15, -0.1) is 0 Å². The molecule has 22 heavy (non-hydrogen) atoms. The number of alkyl halides is 3. The van der Waals surface area contributed by atoms with Crippen LogP contribution in [0.1, 0.15) is 16.1 Å². The number of fused-ring (bicyclic) bond motifs is 1. The molecule has 0 spiro atoms. The first kappa shape index (κ1) is 14.6. The molecule has 0 saturated heterocycles. The number of anilines is 1. The lowest BCUT2D eigenvalue weighted by Gasteiger charge is -2.12. The van der Waals surface area contributed by atoms with Crippen LogP contribution in [0.2, 0.25) is 0 Å². The van der Waals surface area contributed by atoms with Crippen LogP contribution in [-0.4, -0.2) is 21.4 Å². The lowest BCUT2D eigenvalue weighted by molar-refractivity contribution is -0.141. The molecule has 3 heterocycles. The molecule has 5 nitrogen and oxygen atoms in total. The Bertz CT molecular complexity index is 708. The average Bonchev–Trinajstić information content (AvgIpc) is 2.88. The third-order valence-electron chi connectivity index (χ3n) is 2.87. The first-order valence-electron chi connectivity index (χ1n) is 6.15. The third kappa shape index (κ3) is 2.98. The zero-order chi connectivity index (χ0) is 15.7. The normalized spacial score (nSPS) is 16.8. The fourth-order valence-electron chi connectivity index (χ4n) is 1.86. The average molecular weight is 326 g/mol. The van der Waals surface area contributed by atoms with Crippen LogP contribution >= 0.6 is 11.8 Å². The molecule has 0 aliphatic carbocycles. The van der Waals surface area contributed by atoms with E-state index in [1.54, 1.807) is 18.3 Å². The van der Waals surface area contributed by atoms with E-state index in [2.05, 4.69) is 20.6 Å². The van der Waals surface area contributed by atoms with E-state index in [1.165, 1.54) is 6.20 Å². The van der Waals surface area contributed by atoms with Crippen molar-refractivity contribution in [2.24, 2.45) is 0 Å². The van der Waals surface area contributed by atoms with Gasteiger partial charge in [-0.05, 0) is 18.2 Å². The molecule has 0 bridgehead atoms. The lowest BCUT2D eigenvalue weighted by Crippen LogP contribution is -2.35. The zero-order valence-electron chi connectivity index (χ0n) is 10.9. The maximum Gasteiger partial charge on any atom is 0.433 e. The first-order valence-corrected chi connectivity index (χ1v) is 7.03. The highest BCUT2D eigenvalue weighted by atomic mass is 32.2. The maximum absolute atomic E-state index is 12.6. The van der Waals surface area contributed by atoms with Gasteiger partial charge in [0.1, 0.15) is 5.69 Å². The Balaban J connectivity index is 1.71. The molecule has 2 aromatic rings. The standard InChI is InChI=1S/C13H9F3N4OS/c14-13(15,16)10-4-9-8(6-18-10)19-12(22-9)20-11(21)7-2-1-3-17-5-7/h1-6,12,19H,(H,20,21). The molecule has 1 unspecified atom stereocenters. The molecule has 2 aromatic heterocycles. The number of aromatic nitrogens is 2. The summed E-state index contributed by atoms with van der Waals surface area (Å²) in [4.78, 5) is 19.6. The van der Waals surface area contributed by atoms with Gasteiger partial charge in [-0.2, -0.15) is 13.2 Å². The number of nitrogens with one attached hydrogen (secondary N) is 2. The van der Waals surface area contributed by atoms with E-state index in [9.17, 15) is 18.0 Å². The summed E-state index contributed by atoms with van der Waals surface area (Å²) < 4.78 is 37.8. The van der Waals surface area contributed by atoms with Crippen LogP contribution < -0.4 is 10.6 Å². The quantitative estimate of drug-likeness (QED) is 0.888. The molecule has 9 heteroatoms. The van der Waals surface area contributed by atoms with Gasteiger partial charge in [0.15, 0.2) is 5.50 Å². The highest BCUT2D eigenvalue weighted by Crippen LogP contribution is 2.40. The molecule has 1 amide bonds. The molecule has 0 aromatic carbocycles. The van der Waals surface area contributed by atoms with Crippen molar-refractivity contribution in [2.45, 2.75) is 16.6 Å². The number of thioether (sulfide) groups is 1. The minimum atomic E-state index is -4.49. The summed E-state index contributed by atoms with van der Waals surface area (Å²) in [7, 11) is 0. The van der Waals surface area contributed by atoms with Gasteiger partial charge in [-0.3, -0.25) is 9.78 Å². The van der Waals surface area contributed by atoms with Gasteiger partial charge in [0.2, 0.25) is 0 Å². The first-order chi connectivity index (χ1) is 10.4. The molecule has 1 aliphatic rings. The van der Waals surface area contributed by atoms with Crippen molar-refractivity contribution >= 4 is 23.4 Å². The molecule has 0 radical (unpaired) electrons. The van der Waals surface area contributed by atoms with Crippen LogP contribution in [0, 0.1) is 0 Å². The molecule has 114 valence electrons. The number of hydrogen-bond acceptors (Lipinski definition) is 5. The van der Waals surface area contributed by atoms with Crippen molar-refractivity contribution in [1.29, 1.82) is 0 Å². The minimum Gasteiger partial charge on any atom is -0.354 e. The van der Waals surface area contributed by atoms with Crippen molar-refractivity contribution < 1.29 is 18.0 Å². The number of pyridine rings is 2. The Kier molecular flexibility index (Phi) is 3.65. The second-order valence-corrected chi connectivity index (χ2v) is 5.57. The SMILES string of the molecule is O=C(NC1Nc2cnc(C(F)(F)F)cc2S1)c1cccnc1. The Hall–Kier alpha value is -2.29. The maximum atomic E-state index is 12.6. The van der Waals surface area contributed by atoms with Crippen LogP contribution in [0.15, 0.2) is 41.7 Å². The predicted molar refractivity (Wildman–Crippen MR) is 74.2 cm³/mol. The summed E-state index contributed by atoms with van der Waals surface area (Å²) in [5.41, 5.74) is -0.697. The molecule has 2 N–H and O–H groups in total. The fraction of sp³-hybridized carbons (Fsp3) is 0.154. The van der Waals surface area contributed by atoms with E-state index in [0.29, 0.717) is 16.1 Å². The van der Waals surface area contributed by atoms with Crippen molar-refractivity contribution in [3.63, 3.8) is 0 Å². The number of amides is 1. The van der Waals surface area contributed by atoms with Crippen LogP contribution in [0.5, 0.6) is 0 Å². The summed E-state index contributed by atoms with van der Waals surface area (Å²) in [6.45, 7) is 0. The number of carbonyl (C=O) groups excluding carboxylic acids is 1. The van der Waals surface area contributed by atoms with E-state index in [-0.39, 0.29) is 5.91 Å². The molecule has 1 atom stereocenters. The predicted octanol–water partition coefficient (Wildman–Crippen LogP) is 2.73. The molecule has 1 aliphatic heterocycles. The number of hydrogen-bond donors (Lipinski definition) is 2. The van der Waals surface area contributed by atoms with Gasteiger partial charge in [-0.1, -0.05) is 11.8 Å². The van der Waals surface area contributed by atoms with Crippen molar-refractivity contribution in [1.82, 2.24) is 15.3 Å². The van der Waals surface area contributed by atoms with E-state index in [0.717, 1.165) is 24.0 Å². The number of halogens is 3. The van der Waals surface area contributed by atoms with Gasteiger partial charge in [-0.25, -0.2) is 4.98 Å². The molecule has 0 saturated carbocycles. The molecular weight excluding hydrogens is 317 g/mol. The van der Waals surface area contributed by atoms with Gasteiger partial charge in [0, 0.05) is 17.3 Å². The van der Waals surface area contributed by atoms with Crippen molar-refractivity contribution in [3.05, 3.63) is 48.0 Å². The van der Waals surface area contributed by atoms with Crippen molar-refractivity contribution in [2.75, 3.05) is 5.32 Å². The summed E-state index contributed by atoms with van der Waals surface area (Å²) >= 11 is 1.09. The number of rotatable bonds is 2. The molecular formula is C13H9F3N4OS. The summed E-state index contributed by atoms with van der Waals surface area (Å²) in [5.74, 6) is -0.366. The largest absolute Gasteiger partial charge is 0.433 e. The fourth-order valence-corrected chi connectivity index (χ4v) is 2.88. The highest BCUT2D eigenvalue weighted by molar-refractivity contribution is 8.00. The molecule has 0 fully saturated rings. The molecule has 3 rings (SSSR count). The second kappa shape index (κ2) is 5.48. The Morgan fingerprint density at radius 2 is 2.18 bits per heavy atom. The van der Waals surface area contributed by atoms with E-state index >= 15 is 0 Å². The summed E-state index contributed by atoms with van der Waals surface area (Å²) in [5, 5.41) is 5.56. The second-order valence-electron chi connectivity index (χ2n) is 4.42. The Morgan fingerprint density at radius 1 is 1.36 bits per heavy atom. The number of carbonyl (C=O) groups is 1. The topological polar surface area (TPSA) is 66.9 Å². The van der Waals surface area contributed by atoms with E-state index in [4.69, 9.17) is 0 Å². The lowest BCUT2D eigenvalue weighted by atomic mass is 10.3. The zero-order valence-corrected chi connectivity index (χ0v) is 11.7. The van der Waals surface area contributed by atoms with Crippen LogP contribution in [0.25, 0.3) is 0 Å². The van der Waals surface area contributed by atoms with Crippen LogP contribution in [-0.2, 0) is 6.18 Å². The number of nitrogens with zero attached hydrogens (tertiary/aromatic N) is 2. The smallest absolute Gasteiger partial charge is 0.354 e. The Morgan fingerprint density at radius 3 is 2.86 bits per heavy atom. The van der Waals surface area contributed by atoms with Gasteiger partial charge < -0.3 is 10.6 Å². The van der Waals surface area contributed by atoms with Gasteiger partial charge in [0.25, 0.3) is 5.91 Å². The van der Waals surface area contributed by atoms with Gasteiger partial charge >= 0.3 is 6.18 Å². The monoisotopic (exact) mass is 326 g/mol. The van der Waals surface area contributed by atoms with Crippen LogP contribution in [0.3, 0.4) is 0 Å². The van der Waals surface area contributed by atoms with E-state index in [1.807, 2.05) is 0 Å². The highest BCUT2D eigenvalue weighted by Gasteiger charge is 2.34.